The van der Waals surface area contributed by atoms with E-state index in [-0.39, 0.29) is 22.5 Å². The molecular formula is C56H36FeN6O17. The molecule has 6 heterocycles. The van der Waals surface area contributed by atoms with Gasteiger partial charge in [0.15, 0.2) is 0 Å². The van der Waals surface area contributed by atoms with Crippen LogP contribution in [0.15, 0.2) is 171 Å². The van der Waals surface area contributed by atoms with E-state index in [1.54, 1.807) is 37.2 Å². The summed E-state index contributed by atoms with van der Waals surface area (Å²) in [4.78, 5) is 112. The second kappa shape index (κ2) is 26.5. The summed E-state index contributed by atoms with van der Waals surface area (Å²) < 4.78 is 0. The molecule has 11 aromatic rings. The van der Waals surface area contributed by atoms with Crippen LogP contribution in [0.4, 0.5) is 0 Å². The SMILES string of the molecule is O.O=C([O-])c1cc(C(=O)O)c(C(=O)O)cc1C(=O)O.O=C([O-])c1cc(C(=O)O)c(C(=O)O)cc1C(=O)O.[Fe+2].c1cnc2c(c1)ccc1cccnc12.c1cnc2c(c1)ccc1cccnc12.c1cnc2c(c1)ccc1cccnc12. The Kier molecular flexibility index (Phi) is 19.8. The van der Waals surface area contributed by atoms with E-state index < -0.39 is 92.3 Å². The van der Waals surface area contributed by atoms with Gasteiger partial charge in [0.05, 0.1) is 78.4 Å². The fraction of sp³-hybridized carbons (Fsp3) is 0. The molecular weight excluding hydrogens is 1080 g/mol. The van der Waals surface area contributed by atoms with Crippen LogP contribution in [0.3, 0.4) is 0 Å². The predicted molar refractivity (Wildman–Crippen MR) is 278 cm³/mol. The number of hydrogen-bond donors (Lipinski definition) is 6. The van der Waals surface area contributed by atoms with E-state index in [4.69, 9.17) is 30.6 Å². The zero-order valence-corrected chi connectivity index (χ0v) is 41.6. The van der Waals surface area contributed by atoms with Crippen LogP contribution < -0.4 is 10.2 Å². The second-order valence-corrected chi connectivity index (χ2v) is 15.9. The zero-order valence-electron chi connectivity index (χ0n) is 40.5. The van der Waals surface area contributed by atoms with E-state index in [9.17, 15) is 48.6 Å². The normalized spacial score (nSPS) is 10.1. The molecule has 8 N–H and O–H groups in total. The minimum atomic E-state index is -1.91. The summed E-state index contributed by atoms with van der Waals surface area (Å²) >= 11 is 0. The van der Waals surface area contributed by atoms with Crippen molar-refractivity contribution in [2.24, 2.45) is 0 Å². The molecule has 0 unspecified atom stereocenters. The first kappa shape index (κ1) is 59.7. The molecule has 0 aliphatic heterocycles. The van der Waals surface area contributed by atoms with Crippen molar-refractivity contribution in [1.82, 2.24) is 29.9 Å². The van der Waals surface area contributed by atoms with E-state index >= 15 is 0 Å². The Bertz CT molecular complexity index is 3510. The van der Waals surface area contributed by atoms with Crippen molar-refractivity contribution >= 4 is 113 Å². The van der Waals surface area contributed by atoms with Gasteiger partial charge < -0.3 is 55.9 Å². The fourth-order valence-corrected chi connectivity index (χ4v) is 7.64. The average molecular weight is 1120 g/mol. The van der Waals surface area contributed by atoms with Gasteiger partial charge in [-0.15, -0.1) is 0 Å². The van der Waals surface area contributed by atoms with Crippen LogP contribution in [0.2, 0.25) is 0 Å². The fourth-order valence-electron chi connectivity index (χ4n) is 7.64. The number of fused-ring (bicyclic) bond motifs is 9. The minimum Gasteiger partial charge on any atom is -0.545 e. The Morgan fingerprint density at radius 1 is 0.275 bits per heavy atom. The molecule has 0 saturated heterocycles. The first-order valence-corrected chi connectivity index (χ1v) is 22.3. The molecule has 6 aromatic heterocycles. The van der Waals surface area contributed by atoms with Gasteiger partial charge in [0, 0.05) is 80.6 Å². The molecule has 400 valence electrons. The van der Waals surface area contributed by atoms with Gasteiger partial charge in [0.25, 0.3) is 0 Å². The van der Waals surface area contributed by atoms with Crippen LogP contribution in [-0.2, 0) is 17.1 Å². The smallest absolute Gasteiger partial charge is 0.545 e. The van der Waals surface area contributed by atoms with Crippen LogP contribution in [0, 0.1) is 0 Å². The zero-order chi connectivity index (χ0) is 56.2. The van der Waals surface area contributed by atoms with Crippen molar-refractivity contribution in [2.75, 3.05) is 0 Å². The molecule has 0 spiro atoms. The molecule has 0 atom stereocenters. The second-order valence-electron chi connectivity index (χ2n) is 15.9. The molecule has 80 heavy (non-hydrogen) atoms. The van der Waals surface area contributed by atoms with Crippen molar-refractivity contribution in [3.63, 3.8) is 0 Å². The topological polar surface area (TPSA) is 413 Å². The number of aromatic carboxylic acids is 8. The molecule has 0 amide bonds. The Morgan fingerprint density at radius 3 is 0.575 bits per heavy atom. The summed E-state index contributed by atoms with van der Waals surface area (Å²) in [7, 11) is 0. The predicted octanol–water partition coefficient (Wildman–Crippen LogP) is 5.81. The van der Waals surface area contributed by atoms with Crippen molar-refractivity contribution in [2.45, 2.75) is 0 Å². The van der Waals surface area contributed by atoms with Crippen LogP contribution in [0.5, 0.6) is 0 Å². The van der Waals surface area contributed by atoms with Gasteiger partial charge >= 0.3 is 52.9 Å². The standard InChI is InChI=1S/3C12H8N2.2C10H6O8.Fe.H2O/c3*1-3-9-5-6-10-4-2-8-14-12(10)11(9)13-7-1;2*11-7(12)3-1-4(8(13)14)6(10(17)18)2-5(3)9(15)16;;/h3*1-8H;2*1-2H,(H,11,12)(H,13,14)(H,15,16)(H,17,18);;1H2/q;;;;;+2;/p-2. The van der Waals surface area contributed by atoms with E-state index in [0.29, 0.717) is 24.3 Å². The van der Waals surface area contributed by atoms with Crippen molar-refractivity contribution in [3.05, 3.63) is 215 Å². The molecule has 0 saturated carbocycles. The number of nitrogens with zero attached hydrogens (tertiary/aromatic N) is 6. The van der Waals surface area contributed by atoms with Crippen LogP contribution in [0.25, 0.3) is 65.4 Å². The maximum Gasteiger partial charge on any atom is 2.00 e. The molecule has 0 radical (unpaired) electrons. The van der Waals surface area contributed by atoms with E-state index in [1.807, 2.05) is 36.4 Å². The number of carbonyl (C=O) groups excluding carboxylic acids is 2. The van der Waals surface area contributed by atoms with E-state index in [0.717, 1.165) is 65.4 Å². The number of carboxylic acids is 8. The largest absolute Gasteiger partial charge is 2.00 e. The Morgan fingerprint density at radius 2 is 0.425 bits per heavy atom. The number of carboxylic acid groups (broad SMARTS) is 8. The molecule has 23 nitrogen and oxygen atoms in total. The quantitative estimate of drug-likeness (QED) is 0.0771. The molecule has 0 aliphatic rings. The van der Waals surface area contributed by atoms with E-state index in [2.05, 4.69) is 103 Å². The summed E-state index contributed by atoms with van der Waals surface area (Å²) in [6.07, 6.45) is 10.8. The Hall–Kier alpha value is -11.2. The molecule has 5 aromatic carbocycles. The third-order valence-corrected chi connectivity index (χ3v) is 11.2. The number of rotatable bonds is 8. The van der Waals surface area contributed by atoms with Crippen molar-refractivity contribution < 1.29 is 102 Å². The third-order valence-electron chi connectivity index (χ3n) is 11.2. The summed E-state index contributed by atoms with van der Waals surface area (Å²) in [6, 6.07) is 38.3. The maximum absolute atomic E-state index is 10.8. The van der Waals surface area contributed by atoms with Crippen LogP contribution >= 0.6 is 0 Å². The number of carbonyl (C=O) groups is 8. The van der Waals surface area contributed by atoms with Gasteiger partial charge in [-0.1, -0.05) is 72.8 Å². The number of benzene rings is 5. The molecule has 11 rings (SSSR count). The van der Waals surface area contributed by atoms with Gasteiger partial charge in [-0.05, 0) is 60.7 Å². The van der Waals surface area contributed by atoms with Gasteiger partial charge in [-0.25, -0.2) is 28.8 Å². The maximum atomic E-state index is 10.8. The number of aromatic nitrogens is 6. The molecule has 24 heteroatoms. The first-order chi connectivity index (χ1) is 37.4. The summed E-state index contributed by atoms with van der Waals surface area (Å²) in [5.41, 5.74) is -0.915. The van der Waals surface area contributed by atoms with Gasteiger partial charge in [-0.3, -0.25) is 29.9 Å². The van der Waals surface area contributed by atoms with Crippen molar-refractivity contribution in [3.8, 4) is 0 Å². The average Bonchev–Trinajstić information content (AvgIpc) is 3.47. The monoisotopic (exact) mass is 1120 g/mol. The Labute approximate surface area is 458 Å². The molecule has 0 aliphatic carbocycles. The van der Waals surface area contributed by atoms with Gasteiger partial charge in [0.1, 0.15) is 0 Å². The van der Waals surface area contributed by atoms with E-state index in [1.165, 1.54) is 0 Å². The third kappa shape index (κ3) is 13.6. The summed E-state index contributed by atoms with van der Waals surface area (Å²) in [5.74, 6) is -14.0. The number of hydrogen-bond acceptors (Lipinski definition) is 16. The van der Waals surface area contributed by atoms with Crippen LogP contribution in [-0.4, -0.2) is 114 Å². The van der Waals surface area contributed by atoms with Gasteiger partial charge in [-0.2, -0.15) is 0 Å². The Balaban J connectivity index is 0.000000183. The summed E-state index contributed by atoms with van der Waals surface area (Å²) in [5, 5.41) is 80.5. The molecule has 0 bridgehead atoms. The minimum absolute atomic E-state index is 0. The van der Waals surface area contributed by atoms with Crippen molar-refractivity contribution in [1.29, 1.82) is 0 Å². The molecule has 0 fully saturated rings. The number of pyridine rings is 6. The summed E-state index contributed by atoms with van der Waals surface area (Å²) in [6.45, 7) is 0. The van der Waals surface area contributed by atoms with Gasteiger partial charge in [0.2, 0.25) is 0 Å². The van der Waals surface area contributed by atoms with Crippen LogP contribution in [0.1, 0.15) is 82.9 Å². The first-order valence-electron chi connectivity index (χ1n) is 22.3.